The van der Waals surface area contributed by atoms with Crippen LogP contribution in [0.15, 0.2) is 53.1 Å². The van der Waals surface area contributed by atoms with Crippen LogP contribution < -0.4 is 5.32 Å². The first kappa shape index (κ1) is 34.7. The van der Waals surface area contributed by atoms with Crippen LogP contribution in [0.4, 0.5) is 13.2 Å². The molecule has 51 heavy (non-hydrogen) atoms. The third-order valence-electron chi connectivity index (χ3n) is 12.3. The fraction of sp³-hybridized carbons (Fsp3) is 0.553. The third kappa shape index (κ3) is 5.35. The first-order chi connectivity index (χ1) is 24.3. The number of amides is 3. The van der Waals surface area contributed by atoms with Crippen LogP contribution in [0.25, 0.3) is 10.9 Å². The molecule has 8 rings (SSSR count). The molecule has 0 bridgehead atoms. The van der Waals surface area contributed by atoms with Crippen molar-refractivity contribution in [1.29, 1.82) is 0 Å². The van der Waals surface area contributed by atoms with Crippen LogP contribution >= 0.6 is 15.9 Å². The molecular formula is C38H42BrF3N4O5. The van der Waals surface area contributed by atoms with Gasteiger partial charge >= 0.3 is 6.30 Å². The van der Waals surface area contributed by atoms with Gasteiger partial charge < -0.3 is 20.1 Å². The molecule has 1 saturated carbocycles. The number of piperazine rings is 1. The Morgan fingerprint density at radius 2 is 1.88 bits per heavy atom. The number of carbonyl (C=O) groups excluding carboxylic acids is 3. The summed E-state index contributed by atoms with van der Waals surface area (Å²) >= 11 is 3.29. The molecule has 4 fully saturated rings. The summed E-state index contributed by atoms with van der Waals surface area (Å²) in [5.41, 5.74) is 0.846. The highest BCUT2D eigenvalue weighted by Gasteiger charge is 2.69. The molecule has 1 aromatic heterocycles. The molecule has 4 heterocycles. The van der Waals surface area contributed by atoms with Gasteiger partial charge in [0.1, 0.15) is 12.1 Å². The van der Waals surface area contributed by atoms with Gasteiger partial charge in [-0.15, -0.1) is 13.2 Å². The van der Waals surface area contributed by atoms with Crippen molar-refractivity contribution in [2.24, 2.45) is 17.8 Å². The van der Waals surface area contributed by atoms with Crippen molar-refractivity contribution in [2.75, 3.05) is 13.1 Å². The van der Waals surface area contributed by atoms with E-state index in [2.05, 4.69) is 28.2 Å². The largest absolute Gasteiger partial charge is 0.489 e. The minimum Gasteiger partial charge on any atom is -0.352 e. The molecule has 8 atom stereocenters. The number of aliphatic hydroxyl groups is 1. The summed E-state index contributed by atoms with van der Waals surface area (Å²) in [6, 6.07) is 12.7. The molecule has 0 radical (unpaired) electrons. The number of nitrogens with one attached hydrogen (secondary N) is 1. The van der Waals surface area contributed by atoms with Gasteiger partial charge in [-0.05, 0) is 95.5 Å². The Morgan fingerprint density at radius 1 is 1.12 bits per heavy atom. The minimum absolute atomic E-state index is 0.0480. The highest BCUT2D eigenvalue weighted by molar-refractivity contribution is 9.10. The number of nitrogens with zero attached hydrogens (tertiary/aromatic N) is 3. The van der Waals surface area contributed by atoms with Crippen LogP contribution in [0.2, 0.25) is 0 Å². The Kier molecular flexibility index (Phi) is 8.38. The maximum absolute atomic E-state index is 14.3. The standard InChI is InChI=1S/C38H42BrF3N4O5/c1-3-9-22-17-23(18-26-24-12-7-13-28-31(24)27(19-25(22)26)32(39)45(28)38(40,41)42)33(47)43-20-36(2)35(49)46-29(16-21-10-5-4-6-11-21)34(48)44-15-8-14-30(44)37(46,50)51-36/h4-7,10-13,22-23,25-26,29-30,50H,3,8-9,14-20H2,1-2H3,(H,43,47). The maximum atomic E-state index is 14.3. The van der Waals surface area contributed by atoms with Crippen LogP contribution in [0, 0.1) is 17.8 Å². The molecule has 13 heteroatoms. The molecule has 3 aromatic rings. The molecule has 8 unspecified atom stereocenters. The molecule has 3 amide bonds. The second-order valence-corrected chi connectivity index (χ2v) is 16.0. The van der Waals surface area contributed by atoms with E-state index in [4.69, 9.17) is 4.74 Å². The molecule has 3 saturated heterocycles. The number of hydrogen-bond donors (Lipinski definition) is 2. The number of rotatable bonds is 7. The third-order valence-corrected chi connectivity index (χ3v) is 13.1. The van der Waals surface area contributed by atoms with E-state index in [1.165, 1.54) is 11.0 Å². The summed E-state index contributed by atoms with van der Waals surface area (Å²) in [4.78, 5) is 45.0. The number of hydrogen-bond acceptors (Lipinski definition) is 5. The van der Waals surface area contributed by atoms with Crippen LogP contribution in [0.5, 0.6) is 0 Å². The zero-order valence-corrected chi connectivity index (χ0v) is 30.2. The number of fused-ring (bicyclic) bond motifs is 5. The van der Waals surface area contributed by atoms with E-state index in [1.54, 1.807) is 17.9 Å². The van der Waals surface area contributed by atoms with E-state index in [0.717, 1.165) is 24.0 Å². The lowest BCUT2D eigenvalue weighted by atomic mass is 9.60. The highest BCUT2D eigenvalue weighted by Crippen LogP contribution is 2.55. The maximum Gasteiger partial charge on any atom is 0.489 e. The molecule has 3 aliphatic heterocycles. The molecule has 2 N–H and O–H groups in total. The summed E-state index contributed by atoms with van der Waals surface area (Å²) in [5.74, 6) is -3.41. The van der Waals surface area contributed by atoms with Gasteiger partial charge in [0.15, 0.2) is 5.60 Å². The predicted molar refractivity (Wildman–Crippen MR) is 185 cm³/mol. The lowest BCUT2D eigenvalue weighted by molar-refractivity contribution is -0.312. The fourth-order valence-electron chi connectivity index (χ4n) is 10.1. The van der Waals surface area contributed by atoms with E-state index in [9.17, 15) is 32.7 Å². The van der Waals surface area contributed by atoms with Crippen LogP contribution in [0.3, 0.4) is 0 Å². The van der Waals surface area contributed by atoms with Crippen LogP contribution in [-0.2, 0) is 38.3 Å². The number of benzene rings is 2. The summed E-state index contributed by atoms with van der Waals surface area (Å²) in [5, 5.41) is 15.7. The second-order valence-electron chi connectivity index (χ2n) is 15.3. The van der Waals surface area contributed by atoms with Crippen molar-refractivity contribution in [3.8, 4) is 0 Å². The van der Waals surface area contributed by atoms with Gasteiger partial charge in [0, 0.05) is 24.3 Å². The van der Waals surface area contributed by atoms with Crippen LogP contribution in [0.1, 0.15) is 75.0 Å². The van der Waals surface area contributed by atoms with E-state index >= 15 is 0 Å². The van der Waals surface area contributed by atoms with Crippen molar-refractivity contribution < 1.29 is 37.4 Å². The molecular weight excluding hydrogens is 729 g/mol. The van der Waals surface area contributed by atoms with E-state index in [0.29, 0.717) is 54.2 Å². The van der Waals surface area contributed by atoms with Crippen molar-refractivity contribution in [3.05, 3.63) is 69.8 Å². The monoisotopic (exact) mass is 770 g/mol. The number of alkyl halides is 3. The summed E-state index contributed by atoms with van der Waals surface area (Å²) in [6.45, 7) is 3.89. The Morgan fingerprint density at radius 3 is 2.61 bits per heavy atom. The average Bonchev–Trinajstić information content (AvgIpc) is 3.76. The fourth-order valence-corrected chi connectivity index (χ4v) is 10.8. The lowest BCUT2D eigenvalue weighted by Gasteiger charge is -2.49. The number of aromatic nitrogens is 1. The molecule has 9 nitrogen and oxygen atoms in total. The molecule has 2 aromatic carbocycles. The summed E-state index contributed by atoms with van der Waals surface area (Å²) in [7, 11) is 0. The van der Waals surface area contributed by atoms with Gasteiger partial charge in [0.05, 0.1) is 16.7 Å². The normalized spacial score (nSPS) is 33.0. The topological polar surface area (TPSA) is 104 Å². The number of carbonyl (C=O) groups is 3. The Labute approximate surface area is 302 Å². The Balaban J connectivity index is 1.05. The smallest absolute Gasteiger partial charge is 0.352 e. The van der Waals surface area contributed by atoms with Gasteiger partial charge in [-0.25, -0.2) is 4.57 Å². The van der Waals surface area contributed by atoms with Gasteiger partial charge in [-0.3, -0.25) is 19.3 Å². The Hall–Kier alpha value is -3.42. The van der Waals surface area contributed by atoms with Gasteiger partial charge in [0.25, 0.3) is 11.8 Å². The zero-order chi connectivity index (χ0) is 36.0. The second kappa shape index (κ2) is 12.3. The van der Waals surface area contributed by atoms with Crippen molar-refractivity contribution in [2.45, 2.75) is 101 Å². The number of ether oxygens (including phenoxy) is 1. The first-order valence-corrected chi connectivity index (χ1v) is 18.8. The van der Waals surface area contributed by atoms with Gasteiger partial charge in [0.2, 0.25) is 11.8 Å². The van der Waals surface area contributed by atoms with Gasteiger partial charge in [-0.1, -0.05) is 62.2 Å². The SMILES string of the molecule is CCCC1CC(C(=O)NCC2(C)OC3(O)C4CCCN4C(=O)C(Cc4ccccc4)N3C2=O)CC2c3cccc4c3c(c(Br)n4C(F)(F)F)CC12. The minimum atomic E-state index is -4.59. The van der Waals surface area contributed by atoms with Crippen molar-refractivity contribution in [1.82, 2.24) is 19.7 Å². The van der Waals surface area contributed by atoms with Gasteiger partial charge in [-0.2, -0.15) is 0 Å². The van der Waals surface area contributed by atoms with Crippen molar-refractivity contribution >= 4 is 44.6 Å². The summed E-state index contributed by atoms with van der Waals surface area (Å²) < 4.78 is 49.4. The van der Waals surface area contributed by atoms with E-state index in [-0.39, 0.29) is 52.7 Å². The van der Waals surface area contributed by atoms with Crippen LogP contribution in [-0.4, -0.2) is 73.9 Å². The van der Waals surface area contributed by atoms with E-state index in [1.807, 2.05) is 36.4 Å². The van der Waals surface area contributed by atoms with Crippen molar-refractivity contribution in [3.63, 3.8) is 0 Å². The number of halogens is 4. The zero-order valence-electron chi connectivity index (χ0n) is 28.6. The first-order valence-electron chi connectivity index (χ1n) is 18.0. The molecule has 5 aliphatic rings. The lowest BCUT2D eigenvalue weighted by Crippen LogP contribution is -2.71. The molecule has 0 spiro atoms. The Bertz CT molecular complexity index is 1900. The summed E-state index contributed by atoms with van der Waals surface area (Å²) in [6.07, 6.45) is 0.0337. The molecule has 272 valence electrons. The highest BCUT2D eigenvalue weighted by atomic mass is 79.9. The predicted octanol–water partition coefficient (Wildman–Crippen LogP) is 5.96. The molecule has 2 aliphatic carbocycles. The van der Waals surface area contributed by atoms with E-state index < -0.39 is 41.7 Å². The average molecular weight is 772 g/mol. The quantitative estimate of drug-likeness (QED) is 0.309.